The summed E-state index contributed by atoms with van der Waals surface area (Å²) in [5, 5.41) is 18.9. The molecule has 0 atom stereocenters. The Morgan fingerprint density at radius 3 is 2.94 bits per heavy atom. The number of aryl methyl sites for hydroxylation is 2. The number of hydrogen-bond acceptors (Lipinski definition) is 7. The van der Waals surface area contributed by atoms with E-state index in [0.717, 1.165) is 43.2 Å². The van der Waals surface area contributed by atoms with Gasteiger partial charge >= 0.3 is 0 Å². The number of thioether (sulfide) groups is 1. The molecule has 32 heavy (non-hydrogen) atoms. The van der Waals surface area contributed by atoms with Gasteiger partial charge in [0.15, 0.2) is 5.16 Å². The number of nitriles is 1. The van der Waals surface area contributed by atoms with E-state index in [-0.39, 0.29) is 16.6 Å². The summed E-state index contributed by atoms with van der Waals surface area (Å²) in [6.07, 6.45) is 4.82. The van der Waals surface area contributed by atoms with E-state index in [0.29, 0.717) is 27.8 Å². The monoisotopic (exact) mass is 489 g/mol. The summed E-state index contributed by atoms with van der Waals surface area (Å²) in [7, 11) is -3.83. The first kappa shape index (κ1) is 22.8. The van der Waals surface area contributed by atoms with E-state index >= 15 is 0 Å². The van der Waals surface area contributed by atoms with Gasteiger partial charge in [0.2, 0.25) is 15.9 Å². The molecule has 0 fully saturated rings. The van der Waals surface area contributed by atoms with Crippen molar-refractivity contribution in [2.45, 2.75) is 55.6 Å². The summed E-state index contributed by atoms with van der Waals surface area (Å²) in [4.78, 5) is 18.4. The Labute approximate surface area is 194 Å². The van der Waals surface area contributed by atoms with E-state index < -0.39 is 10.0 Å². The van der Waals surface area contributed by atoms with Crippen LogP contribution in [0.2, 0.25) is 0 Å². The number of thiophene rings is 1. The van der Waals surface area contributed by atoms with Crippen LogP contribution in [-0.4, -0.2) is 29.6 Å². The van der Waals surface area contributed by atoms with Crippen molar-refractivity contribution < 1.29 is 13.2 Å². The molecule has 0 bridgehead atoms. The Bertz CT molecular complexity index is 1330. The first-order valence-corrected chi connectivity index (χ1v) is 13.7. The van der Waals surface area contributed by atoms with Gasteiger partial charge < -0.3 is 9.88 Å². The summed E-state index contributed by atoms with van der Waals surface area (Å²) in [5.74, 6) is -0.0731. The van der Waals surface area contributed by atoms with Crippen molar-refractivity contribution in [2.24, 2.45) is 5.14 Å². The van der Waals surface area contributed by atoms with Gasteiger partial charge in [-0.15, -0.1) is 11.3 Å². The van der Waals surface area contributed by atoms with Gasteiger partial charge in [-0.05, 0) is 49.4 Å². The van der Waals surface area contributed by atoms with Gasteiger partial charge in [0, 0.05) is 11.4 Å². The number of carbonyl (C=O) groups excluding carboxylic acids is 1. The van der Waals surface area contributed by atoms with Crippen LogP contribution >= 0.6 is 23.1 Å². The molecule has 2 heterocycles. The molecule has 0 saturated heterocycles. The van der Waals surface area contributed by atoms with Gasteiger partial charge in [-0.25, -0.2) is 18.5 Å². The highest BCUT2D eigenvalue weighted by atomic mass is 32.2. The van der Waals surface area contributed by atoms with E-state index in [1.807, 2.05) is 4.57 Å². The van der Waals surface area contributed by atoms with Crippen LogP contribution in [0.25, 0.3) is 11.0 Å². The zero-order valence-corrected chi connectivity index (χ0v) is 20.0. The molecule has 1 aromatic carbocycles. The lowest BCUT2D eigenvalue weighted by Gasteiger charge is -2.08. The zero-order valence-electron chi connectivity index (χ0n) is 17.6. The van der Waals surface area contributed by atoms with Gasteiger partial charge in [-0.1, -0.05) is 25.1 Å². The number of imidazole rings is 1. The van der Waals surface area contributed by atoms with E-state index in [9.17, 15) is 18.5 Å². The van der Waals surface area contributed by atoms with E-state index in [1.165, 1.54) is 40.1 Å². The van der Waals surface area contributed by atoms with E-state index in [1.54, 1.807) is 6.07 Å². The number of carbonyl (C=O) groups is 1. The second kappa shape index (κ2) is 9.23. The van der Waals surface area contributed by atoms with Gasteiger partial charge in [-0.2, -0.15) is 5.26 Å². The fourth-order valence-corrected chi connectivity index (χ4v) is 6.44. The van der Waals surface area contributed by atoms with Crippen LogP contribution in [0.5, 0.6) is 0 Å². The molecular weight excluding hydrogens is 466 g/mol. The number of amides is 1. The molecule has 0 saturated carbocycles. The van der Waals surface area contributed by atoms with Crippen molar-refractivity contribution >= 4 is 55.1 Å². The number of nitrogens with one attached hydrogen (secondary N) is 1. The number of unbranched alkanes of at least 4 members (excludes halogenated alkanes) is 1. The number of aromatic nitrogens is 2. The third-order valence-corrected chi connectivity index (χ3v) is 8.46. The Morgan fingerprint density at radius 1 is 1.41 bits per heavy atom. The second-order valence-corrected chi connectivity index (χ2v) is 11.2. The maximum atomic E-state index is 12.6. The van der Waals surface area contributed by atoms with Crippen LogP contribution in [0.4, 0.5) is 5.00 Å². The summed E-state index contributed by atoms with van der Waals surface area (Å²) in [6, 6.07) is 6.87. The zero-order chi connectivity index (χ0) is 22.9. The van der Waals surface area contributed by atoms with Crippen LogP contribution in [0, 0.1) is 11.3 Å². The normalized spacial score (nSPS) is 13.3. The lowest BCUT2D eigenvalue weighted by molar-refractivity contribution is -0.113. The average molecular weight is 490 g/mol. The van der Waals surface area contributed by atoms with Gasteiger partial charge in [0.05, 0.1) is 27.2 Å². The fraction of sp³-hybridized carbons (Fsp3) is 0.381. The molecule has 1 aliphatic carbocycles. The van der Waals surface area contributed by atoms with Crippen LogP contribution < -0.4 is 10.5 Å². The Morgan fingerprint density at radius 2 is 2.22 bits per heavy atom. The predicted octanol–water partition coefficient (Wildman–Crippen LogP) is 3.64. The van der Waals surface area contributed by atoms with Crippen LogP contribution in [-0.2, 0) is 34.2 Å². The molecule has 1 amide bonds. The molecule has 2 aromatic heterocycles. The molecule has 3 N–H and O–H groups in total. The van der Waals surface area contributed by atoms with Crippen molar-refractivity contribution in [2.75, 3.05) is 11.1 Å². The number of rotatable bonds is 8. The van der Waals surface area contributed by atoms with Crippen molar-refractivity contribution in [3.63, 3.8) is 0 Å². The minimum atomic E-state index is -3.83. The highest BCUT2D eigenvalue weighted by Crippen LogP contribution is 2.38. The minimum Gasteiger partial charge on any atom is -0.319 e. The number of sulfonamides is 1. The lowest BCUT2D eigenvalue weighted by atomic mass is 10.1. The second-order valence-electron chi connectivity index (χ2n) is 7.61. The van der Waals surface area contributed by atoms with Crippen LogP contribution in [0.3, 0.4) is 0 Å². The third kappa shape index (κ3) is 4.54. The van der Waals surface area contributed by atoms with E-state index in [2.05, 4.69) is 23.3 Å². The summed E-state index contributed by atoms with van der Waals surface area (Å²) in [6.45, 7) is 2.80. The van der Waals surface area contributed by atoms with Crippen molar-refractivity contribution in [1.82, 2.24) is 9.55 Å². The average Bonchev–Trinajstić information content (AvgIpc) is 3.42. The van der Waals surface area contributed by atoms with Crippen LogP contribution in [0.1, 0.15) is 42.2 Å². The SMILES string of the molecule is CCCCn1c(SCC(=O)Nc2sc3c(c2C#N)CCC3)nc2cc(S(N)(=O)=O)ccc21. The Hall–Kier alpha value is -2.39. The van der Waals surface area contributed by atoms with Gasteiger partial charge in [-0.3, -0.25) is 4.79 Å². The summed E-state index contributed by atoms with van der Waals surface area (Å²) < 4.78 is 25.4. The number of nitrogens with two attached hydrogens (primary N) is 1. The number of benzene rings is 1. The highest BCUT2D eigenvalue weighted by Gasteiger charge is 2.23. The predicted molar refractivity (Wildman–Crippen MR) is 126 cm³/mol. The maximum absolute atomic E-state index is 12.6. The quantitative estimate of drug-likeness (QED) is 0.465. The smallest absolute Gasteiger partial charge is 0.238 e. The largest absolute Gasteiger partial charge is 0.319 e. The topological polar surface area (TPSA) is 131 Å². The highest BCUT2D eigenvalue weighted by molar-refractivity contribution is 7.99. The first-order chi connectivity index (χ1) is 15.3. The Kier molecular flexibility index (Phi) is 6.57. The summed E-state index contributed by atoms with van der Waals surface area (Å²) >= 11 is 2.78. The number of primary sulfonamides is 1. The molecule has 0 unspecified atom stereocenters. The van der Waals surface area contributed by atoms with Gasteiger partial charge in [0.1, 0.15) is 11.1 Å². The van der Waals surface area contributed by atoms with Gasteiger partial charge in [0.25, 0.3) is 0 Å². The summed E-state index contributed by atoms with van der Waals surface area (Å²) in [5.41, 5.74) is 2.99. The molecule has 168 valence electrons. The minimum absolute atomic E-state index is 0.00853. The fourth-order valence-electron chi connectivity index (χ4n) is 3.81. The molecule has 4 rings (SSSR count). The Balaban J connectivity index is 1.54. The van der Waals surface area contributed by atoms with Crippen molar-refractivity contribution in [3.05, 3.63) is 34.2 Å². The third-order valence-electron chi connectivity index (χ3n) is 5.37. The molecule has 1 aliphatic rings. The molecule has 11 heteroatoms. The lowest BCUT2D eigenvalue weighted by Crippen LogP contribution is -2.14. The van der Waals surface area contributed by atoms with E-state index in [4.69, 9.17) is 5.14 Å². The van der Waals surface area contributed by atoms with Crippen molar-refractivity contribution in [3.8, 4) is 6.07 Å². The standard InChI is InChI=1S/C21H23N5O3S3/c1-2-3-9-26-17-8-7-13(32(23,28)29)10-16(17)24-21(26)30-12-19(27)25-20-15(11-22)14-5-4-6-18(14)31-20/h7-8,10H,2-6,9,12H2,1H3,(H,25,27)(H2,23,28,29). The number of nitrogens with zero attached hydrogens (tertiary/aromatic N) is 3. The molecule has 0 radical (unpaired) electrons. The molecule has 0 spiro atoms. The molecular formula is C21H23N5O3S3. The molecule has 3 aromatic rings. The van der Waals surface area contributed by atoms with Crippen LogP contribution in [0.15, 0.2) is 28.3 Å². The number of fused-ring (bicyclic) bond motifs is 2. The number of hydrogen-bond donors (Lipinski definition) is 2. The molecule has 0 aliphatic heterocycles. The van der Waals surface area contributed by atoms with Crippen molar-refractivity contribution in [1.29, 1.82) is 5.26 Å². The molecule has 8 nitrogen and oxygen atoms in total. The maximum Gasteiger partial charge on any atom is 0.238 e. The number of anilines is 1. The first-order valence-electron chi connectivity index (χ1n) is 10.3.